The van der Waals surface area contributed by atoms with Crippen LogP contribution in [-0.2, 0) is 25.9 Å². The largest absolute Gasteiger partial charge is 0.307 e. The molecule has 4 rings (SSSR count). The van der Waals surface area contributed by atoms with E-state index in [9.17, 15) is 0 Å². The molecule has 1 aromatic heterocycles. The average Bonchev–Trinajstić information content (AvgIpc) is 2.96. The van der Waals surface area contributed by atoms with Gasteiger partial charge in [-0.05, 0) is 37.3 Å². The monoisotopic (exact) mass is 265 g/mol. The molecule has 102 valence electrons. The number of nitrogens with zero attached hydrogens (tertiary/aromatic N) is 2. The quantitative estimate of drug-likeness (QED) is 0.861. The van der Waals surface area contributed by atoms with Gasteiger partial charge in [0.05, 0.1) is 5.69 Å². The fraction of sp³-hybridized carbons (Fsp3) is 0.412. The minimum atomic E-state index is 0.481. The summed E-state index contributed by atoms with van der Waals surface area (Å²) < 4.78 is 0. The lowest BCUT2D eigenvalue weighted by Gasteiger charge is -2.24. The zero-order valence-corrected chi connectivity index (χ0v) is 11.8. The summed E-state index contributed by atoms with van der Waals surface area (Å²) in [5.74, 6) is 1.54. The van der Waals surface area contributed by atoms with Gasteiger partial charge in [-0.2, -0.15) is 0 Å². The summed E-state index contributed by atoms with van der Waals surface area (Å²) in [7, 11) is 0. The molecule has 0 radical (unpaired) electrons. The summed E-state index contributed by atoms with van der Waals surface area (Å²) in [6.45, 7) is 3.94. The van der Waals surface area contributed by atoms with Crippen LogP contribution in [0.5, 0.6) is 0 Å². The third-order valence-electron chi connectivity index (χ3n) is 4.62. The smallest absolute Gasteiger partial charge is 0.132 e. The molecule has 0 saturated carbocycles. The molecule has 20 heavy (non-hydrogen) atoms. The van der Waals surface area contributed by atoms with Gasteiger partial charge in [-0.3, -0.25) is 0 Å². The van der Waals surface area contributed by atoms with E-state index < -0.39 is 0 Å². The van der Waals surface area contributed by atoms with Crippen molar-refractivity contribution in [1.29, 1.82) is 0 Å². The highest BCUT2D eigenvalue weighted by Gasteiger charge is 2.24. The third-order valence-corrected chi connectivity index (χ3v) is 4.62. The van der Waals surface area contributed by atoms with E-state index in [-0.39, 0.29) is 0 Å². The van der Waals surface area contributed by atoms with E-state index in [4.69, 9.17) is 9.97 Å². The minimum absolute atomic E-state index is 0.481. The van der Waals surface area contributed by atoms with Crippen molar-refractivity contribution in [2.75, 3.05) is 0 Å². The van der Waals surface area contributed by atoms with E-state index >= 15 is 0 Å². The number of nitrogens with one attached hydrogen (secondary N) is 1. The maximum absolute atomic E-state index is 4.84. The summed E-state index contributed by atoms with van der Waals surface area (Å²) in [6.07, 6.45) is 3.41. The van der Waals surface area contributed by atoms with E-state index in [2.05, 4.69) is 36.5 Å². The molecule has 1 aliphatic heterocycles. The Morgan fingerprint density at radius 2 is 1.95 bits per heavy atom. The fourth-order valence-electron chi connectivity index (χ4n) is 3.46. The van der Waals surface area contributed by atoms with E-state index in [1.54, 1.807) is 0 Å². The topological polar surface area (TPSA) is 37.8 Å². The summed E-state index contributed by atoms with van der Waals surface area (Å²) in [6, 6.07) is 8.79. The van der Waals surface area contributed by atoms with Crippen LogP contribution in [-0.4, -0.2) is 9.97 Å². The lowest BCUT2D eigenvalue weighted by atomic mass is 9.83. The molecule has 3 heteroatoms. The summed E-state index contributed by atoms with van der Waals surface area (Å²) in [5.41, 5.74) is 6.66. The van der Waals surface area contributed by atoms with Crippen molar-refractivity contribution in [2.24, 2.45) is 0 Å². The molecule has 0 saturated heterocycles. The Bertz CT molecular complexity index is 663. The molecule has 1 unspecified atom stereocenters. The van der Waals surface area contributed by atoms with Crippen molar-refractivity contribution in [3.8, 4) is 0 Å². The van der Waals surface area contributed by atoms with Gasteiger partial charge in [0.1, 0.15) is 5.82 Å². The molecular formula is C17H19N3. The van der Waals surface area contributed by atoms with Gasteiger partial charge in [-0.1, -0.05) is 24.3 Å². The predicted octanol–water partition coefficient (Wildman–Crippen LogP) is 2.66. The number of aryl methyl sites for hydroxylation is 2. The first-order valence-electron chi connectivity index (χ1n) is 7.45. The first-order chi connectivity index (χ1) is 9.81. The highest BCUT2D eigenvalue weighted by molar-refractivity contribution is 5.33. The minimum Gasteiger partial charge on any atom is -0.307 e. The summed E-state index contributed by atoms with van der Waals surface area (Å²) >= 11 is 0. The second-order valence-electron chi connectivity index (χ2n) is 5.90. The van der Waals surface area contributed by atoms with Crippen molar-refractivity contribution in [1.82, 2.24) is 15.3 Å². The van der Waals surface area contributed by atoms with E-state index in [1.165, 1.54) is 28.8 Å². The summed E-state index contributed by atoms with van der Waals surface area (Å²) in [5, 5.41) is 3.37. The molecule has 3 nitrogen and oxygen atoms in total. The molecule has 1 aromatic carbocycles. The van der Waals surface area contributed by atoms with Gasteiger partial charge >= 0.3 is 0 Å². The van der Waals surface area contributed by atoms with Gasteiger partial charge in [0, 0.05) is 30.3 Å². The van der Waals surface area contributed by atoms with Crippen LogP contribution in [0.2, 0.25) is 0 Å². The van der Waals surface area contributed by atoms with E-state index in [1.807, 2.05) is 0 Å². The summed E-state index contributed by atoms with van der Waals surface area (Å²) in [4.78, 5) is 9.63. The number of rotatable bonds is 1. The SMILES string of the molecule is Cc1nc(C2CCc3ccccc3C2)nc2c1CNC2. The zero-order chi connectivity index (χ0) is 13.5. The zero-order valence-electron chi connectivity index (χ0n) is 11.8. The molecule has 1 atom stereocenters. The maximum Gasteiger partial charge on any atom is 0.132 e. The standard InChI is InChI=1S/C17H19N3/c1-11-15-9-18-10-16(15)20-17(19-11)14-7-6-12-4-2-3-5-13(12)8-14/h2-5,14,18H,6-10H2,1H3. The van der Waals surface area contributed by atoms with Gasteiger partial charge in [0.25, 0.3) is 0 Å². The van der Waals surface area contributed by atoms with Crippen LogP contribution in [0, 0.1) is 6.92 Å². The molecule has 2 heterocycles. The second-order valence-corrected chi connectivity index (χ2v) is 5.90. The van der Waals surface area contributed by atoms with E-state index in [0.29, 0.717) is 5.92 Å². The molecule has 1 N–H and O–H groups in total. The van der Waals surface area contributed by atoms with Gasteiger partial charge in [0.2, 0.25) is 0 Å². The lowest BCUT2D eigenvalue weighted by molar-refractivity contribution is 0.550. The van der Waals surface area contributed by atoms with Gasteiger partial charge in [-0.25, -0.2) is 9.97 Å². The Morgan fingerprint density at radius 1 is 1.10 bits per heavy atom. The molecular weight excluding hydrogens is 246 g/mol. The number of fused-ring (bicyclic) bond motifs is 2. The highest BCUT2D eigenvalue weighted by Crippen LogP contribution is 2.32. The van der Waals surface area contributed by atoms with Crippen LogP contribution in [0.15, 0.2) is 24.3 Å². The van der Waals surface area contributed by atoms with Crippen LogP contribution in [0.3, 0.4) is 0 Å². The van der Waals surface area contributed by atoms with Gasteiger partial charge in [0.15, 0.2) is 0 Å². The van der Waals surface area contributed by atoms with E-state index in [0.717, 1.165) is 37.4 Å². The Kier molecular flexibility index (Phi) is 2.81. The maximum atomic E-state index is 4.84. The average molecular weight is 265 g/mol. The third kappa shape index (κ3) is 1.93. The number of hydrogen-bond donors (Lipinski definition) is 1. The first kappa shape index (κ1) is 12.0. The fourth-order valence-corrected chi connectivity index (χ4v) is 3.46. The molecule has 1 aliphatic carbocycles. The first-order valence-corrected chi connectivity index (χ1v) is 7.45. The molecule has 0 spiro atoms. The van der Waals surface area contributed by atoms with Crippen molar-refractivity contribution in [3.63, 3.8) is 0 Å². The van der Waals surface area contributed by atoms with Crippen LogP contribution >= 0.6 is 0 Å². The Balaban J connectivity index is 1.68. The second kappa shape index (κ2) is 4.67. The van der Waals surface area contributed by atoms with Crippen molar-refractivity contribution >= 4 is 0 Å². The van der Waals surface area contributed by atoms with Gasteiger partial charge < -0.3 is 5.32 Å². The Morgan fingerprint density at radius 3 is 2.85 bits per heavy atom. The molecule has 0 amide bonds. The number of hydrogen-bond acceptors (Lipinski definition) is 3. The molecule has 0 bridgehead atoms. The molecule has 2 aliphatic rings. The molecule has 0 fully saturated rings. The van der Waals surface area contributed by atoms with Crippen LogP contribution in [0.4, 0.5) is 0 Å². The Labute approximate surface area is 119 Å². The number of aromatic nitrogens is 2. The van der Waals surface area contributed by atoms with Crippen molar-refractivity contribution in [3.05, 3.63) is 58.2 Å². The lowest BCUT2D eigenvalue weighted by Crippen LogP contribution is -2.16. The normalized spacial score (nSPS) is 20.6. The van der Waals surface area contributed by atoms with Crippen molar-refractivity contribution < 1.29 is 0 Å². The van der Waals surface area contributed by atoms with Crippen LogP contribution < -0.4 is 5.32 Å². The molecule has 2 aromatic rings. The van der Waals surface area contributed by atoms with Crippen LogP contribution in [0.1, 0.15) is 46.2 Å². The van der Waals surface area contributed by atoms with Crippen LogP contribution in [0.25, 0.3) is 0 Å². The predicted molar refractivity (Wildman–Crippen MR) is 78.5 cm³/mol. The van der Waals surface area contributed by atoms with Gasteiger partial charge in [-0.15, -0.1) is 0 Å². The van der Waals surface area contributed by atoms with Crippen molar-refractivity contribution in [2.45, 2.75) is 45.2 Å². The highest BCUT2D eigenvalue weighted by atomic mass is 15.0. The number of benzene rings is 1. The Hall–Kier alpha value is -1.74.